The third-order valence-corrected chi connectivity index (χ3v) is 4.86. The number of esters is 1. The predicted octanol–water partition coefficient (Wildman–Crippen LogP) is 2.50. The summed E-state index contributed by atoms with van der Waals surface area (Å²) in [5.74, 6) is -0.909. The van der Waals surface area contributed by atoms with Crippen molar-refractivity contribution in [1.29, 1.82) is 0 Å². The number of ether oxygens (including phenoxy) is 1. The Morgan fingerprint density at radius 1 is 1.04 bits per heavy atom. The summed E-state index contributed by atoms with van der Waals surface area (Å²) in [7, 11) is -3.97. The van der Waals surface area contributed by atoms with Crippen LogP contribution in [0.25, 0.3) is 0 Å². The maximum absolute atomic E-state index is 12.3. The standard InChI is InChI=1S/C19H21NO6S/c1-4-25-19(22)18(20-14(3)21)15-7-9-16(10-8-15)26-27(23,24)17-11-5-13(2)6-12-17/h5-12,18H,4H2,1-3H3,(H,20,21). The minimum absolute atomic E-state index is 0.0415. The van der Waals surface area contributed by atoms with Gasteiger partial charge in [0.1, 0.15) is 10.6 Å². The van der Waals surface area contributed by atoms with Gasteiger partial charge in [-0.15, -0.1) is 0 Å². The molecule has 1 atom stereocenters. The van der Waals surface area contributed by atoms with Crippen LogP contribution < -0.4 is 9.50 Å². The van der Waals surface area contributed by atoms with Crippen LogP contribution in [-0.2, 0) is 24.4 Å². The van der Waals surface area contributed by atoms with Crippen molar-refractivity contribution in [2.24, 2.45) is 0 Å². The first-order valence-electron chi connectivity index (χ1n) is 8.28. The first-order chi connectivity index (χ1) is 12.7. The molecule has 7 nitrogen and oxygen atoms in total. The molecule has 1 amide bonds. The van der Waals surface area contributed by atoms with Crippen LogP contribution in [0.2, 0.25) is 0 Å². The van der Waals surface area contributed by atoms with Gasteiger partial charge in [-0.3, -0.25) is 4.79 Å². The molecule has 0 heterocycles. The van der Waals surface area contributed by atoms with Crippen molar-refractivity contribution in [3.8, 4) is 5.75 Å². The first kappa shape index (κ1) is 20.4. The Morgan fingerprint density at radius 2 is 1.63 bits per heavy atom. The fourth-order valence-corrected chi connectivity index (χ4v) is 3.23. The van der Waals surface area contributed by atoms with Gasteiger partial charge in [-0.1, -0.05) is 29.8 Å². The van der Waals surface area contributed by atoms with Gasteiger partial charge in [-0.2, -0.15) is 8.42 Å². The Kier molecular flexibility index (Phi) is 6.57. The molecule has 0 spiro atoms. The summed E-state index contributed by atoms with van der Waals surface area (Å²) in [6, 6.07) is 11.1. The van der Waals surface area contributed by atoms with Crippen LogP contribution in [0.5, 0.6) is 5.75 Å². The second kappa shape index (κ2) is 8.68. The Morgan fingerprint density at radius 3 is 2.15 bits per heavy atom. The van der Waals surface area contributed by atoms with Crippen LogP contribution in [0.4, 0.5) is 0 Å². The van der Waals surface area contributed by atoms with E-state index in [-0.39, 0.29) is 17.3 Å². The number of hydrogen-bond acceptors (Lipinski definition) is 6. The van der Waals surface area contributed by atoms with Gasteiger partial charge < -0.3 is 14.2 Å². The molecule has 0 saturated carbocycles. The number of amides is 1. The highest BCUT2D eigenvalue weighted by Crippen LogP contribution is 2.22. The Balaban J connectivity index is 2.21. The van der Waals surface area contributed by atoms with Gasteiger partial charge >= 0.3 is 16.1 Å². The first-order valence-corrected chi connectivity index (χ1v) is 9.68. The van der Waals surface area contributed by atoms with Crippen LogP contribution >= 0.6 is 0 Å². The maximum atomic E-state index is 12.3. The normalized spacial score (nSPS) is 12.1. The van der Waals surface area contributed by atoms with E-state index in [2.05, 4.69) is 5.32 Å². The van der Waals surface area contributed by atoms with Crippen LogP contribution in [0.1, 0.15) is 31.0 Å². The number of benzene rings is 2. The van der Waals surface area contributed by atoms with E-state index in [1.54, 1.807) is 19.1 Å². The third kappa shape index (κ3) is 5.55. The smallest absolute Gasteiger partial charge is 0.339 e. The molecule has 2 aromatic rings. The van der Waals surface area contributed by atoms with E-state index in [4.69, 9.17) is 8.92 Å². The van der Waals surface area contributed by atoms with Crippen LogP contribution in [0.15, 0.2) is 53.4 Å². The lowest BCUT2D eigenvalue weighted by Crippen LogP contribution is -2.33. The molecule has 1 N–H and O–H groups in total. The van der Waals surface area contributed by atoms with Crippen molar-refractivity contribution in [2.75, 3.05) is 6.61 Å². The Bertz CT molecular complexity index is 904. The average Bonchev–Trinajstić information content (AvgIpc) is 2.60. The third-order valence-electron chi connectivity index (χ3n) is 3.60. The number of rotatable bonds is 7. The number of carbonyl (C=O) groups is 2. The van der Waals surface area contributed by atoms with Gasteiger partial charge in [0, 0.05) is 6.92 Å². The van der Waals surface area contributed by atoms with Crippen LogP contribution in [-0.4, -0.2) is 26.9 Å². The predicted molar refractivity (Wildman–Crippen MR) is 98.6 cm³/mol. The molecule has 0 radical (unpaired) electrons. The topological polar surface area (TPSA) is 98.8 Å². The Labute approximate surface area is 158 Å². The molecule has 0 saturated heterocycles. The van der Waals surface area contributed by atoms with Gasteiger partial charge in [0.05, 0.1) is 6.61 Å². The molecule has 2 aromatic carbocycles. The summed E-state index contributed by atoms with van der Waals surface area (Å²) >= 11 is 0. The van der Waals surface area contributed by atoms with E-state index in [9.17, 15) is 18.0 Å². The lowest BCUT2D eigenvalue weighted by atomic mass is 10.1. The summed E-state index contributed by atoms with van der Waals surface area (Å²) < 4.78 is 34.7. The molecule has 144 valence electrons. The van der Waals surface area contributed by atoms with Crippen molar-refractivity contribution in [1.82, 2.24) is 5.32 Å². The zero-order valence-corrected chi connectivity index (χ0v) is 16.1. The molecular weight excluding hydrogens is 370 g/mol. The highest BCUT2D eigenvalue weighted by molar-refractivity contribution is 7.87. The monoisotopic (exact) mass is 391 g/mol. The summed E-state index contributed by atoms with van der Waals surface area (Å²) in [6.45, 7) is 4.98. The highest BCUT2D eigenvalue weighted by atomic mass is 32.2. The molecule has 0 aliphatic rings. The minimum Gasteiger partial charge on any atom is -0.464 e. The maximum Gasteiger partial charge on any atom is 0.339 e. The molecule has 0 aliphatic heterocycles. The summed E-state index contributed by atoms with van der Waals surface area (Å²) in [5.41, 5.74) is 1.38. The van der Waals surface area contributed by atoms with Crippen molar-refractivity contribution < 1.29 is 26.9 Å². The molecule has 0 aliphatic carbocycles. The fraction of sp³-hybridized carbons (Fsp3) is 0.263. The molecule has 8 heteroatoms. The van der Waals surface area contributed by atoms with Gasteiger partial charge in [0.25, 0.3) is 0 Å². The van der Waals surface area contributed by atoms with Gasteiger partial charge in [0.2, 0.25) is 5.91 Å². The lowest BCUT2D eigenvalue weighted by molar-refractivity contribution is -0.147. The average molecular weight is 391 g/mol. The molecule has 27 heavy (non-hydrogen) atoms. The number of nitrogens with one attached hydrogen (secondary N) is 1. The van der Waals surface area contributed by atoms with Gasteiger partial charge in [-0.05, 0) is 43.7 Å². The minimum atomic E-state index is -3.97. The van der Waals surface area contributed by atoms with Crippen LogP contribution in [0, 0.1) is 6.92 Å². The van der Waals surface area contributed by atoms with Crippen molar-refractivity contribution in [3.63, 3.8) is 0 Å². The summed E-state index contributed by atoms with van der Waals surface area (Å²) in [5, 5.41) is 2.51. The molecular formula is C19H21NO6S. The fourth-order valence-electron chi connectivity index (χ4n) is 2.30. The zero-order valence-electron chi connectivity index (χ0n) is 15.3. The highest BCUT2D eigenvalue weighted by Gasteiger charge is 2.23. The number of carbonyl (C=O) groups excluding carboxylic acids is 2. The molecule has 0 aromatic heterocycles. The SMILES string of the molecule is CCOC(=O)C(NC(C)=O)c1ccc(OS(=O)(=O)c2ccc(C)cc2)cc1. The summed E-state index contributed by atoms with van der Waals surface area (Å²) in [4.78, 5) is 23.4. The van der Waals surface area contributed by atoms with E-state index in [0.29, 0.717) is 5.56 Å². The zero-order chi connectivity index (χ0) is 20.0. The quantitative estimate of drug-likeness (QED) is 0.575. The van der Waals surface area contributed by atoms with E-state index in [0.717, 1.165) is 5.56 Å². The Hall–Kier alpha value is -2.87. The largest absolute Gasteiger partial charge is 0.464 e. The second-order valence-electron chi connectivity index (χ2n) is 5.81. The van der Waals surface area contributed by atoms with Crippen molar-refractivity contribution in [3.05, 3.63) is 59.7 Å². The van der Waals surface area contributed by atoms with Crippen molar-refractivity contribution >= 4 is 22.0 Å². The number of aryl methyl sites for hydroxylation is 1. The van der Waals surface area contributed by atoms with Gasteiger partial charge in [-0.25, -0.2) is 4.79 Å². The molecule has 1 unspecified atom stereocenters. The molecule has 2 rings (SSSR count). The van der Waals surface area contributed by atoms with E-state index in [1.807, 2.05) is 6.92 Å². The van der Waals surface area contributed by atoms with E-state index >= 15 is 0 Å². The van der Waals surface area contributed by atoms with Crippen molar-refractivity contribution in [2.45, 2.75) is 31.7 Å². The molecule has 0 bridgehead atoms. The second-order valence-corrected chi connectivity index (χ2v) is 7.35. The summed E-state index contributed by atoms with van der Waals surface area (Å²) in [6.07, 6.45) is 0. The van der Waals surface area contributed by atoms with Gasteiger partial charge in [0.15, 0.2) is 6.04 Å². The number of hydrogen-bond donors (Lipinski definition) is 1. The molecule has 0 fully saturated rings. The lowest BCUT2D eigenvalue weighted by Gasteiger charge is -2.17. The van der Waals surface area contributed by atoms with E-state index in [1.165, 1.54) is 43.3 Å². The van der Waals surface area contributed by atoms with E-state index < -0.39 is 28.0 Å². The van der Waals surface area contributed by atoms with Crippen LogP contribution in [0.3, 0.4) is 0 Å².